The van der Waals surface area contributed by atoms with Crippen LogP contribution < -0.4 is 0 Å². The highest BCUT2D eigenvalue weighted by Crippen LogP contribution is 2.31. The number of thiazole rings is 1. The molecule has 1 aliphatic rings. The van der Waals surface area contributed by atoms with E-state index < -0.39 is 0 Å². The van der Waals surface area contributed by atoms with E-state index in [-0.39, 0.29) is 5.78 Å². The highest BCUT2D eigenvalue weighted by Gasteiger charge is 2.22. The molecule has 0 N–H and O–H groups in total. The number of aryl methyl sites for hydroxylation is 2. The Hall–Kier alpha value is -1.62. The Morgan fingerprint density at radius 3 is 2.94 bits per heavy atom. The van der Waals surface area contributed by atoms with E-state index in [4.69, 9.17) is 0 Å². The molecular formula is C12H11N3OS. The van der Waals surface area contributed by atoms with Crippen molar-refractivity contribution in [1.82, 2.24) is 15.0 Å². The maximum Gasteiger partial charge on any atom is 0.182 e. The Kier molecular flexibility index (Phi) is 2.48. The van der Waals surface area contributed by atoms with Gasteiger partial charge in [-0.2, -0.15) is 0 Å². The first kappa shape index (κ1) is 10.5. The first-order valence-corrected chi connectivity index (χ1v) is 6.38. The van der Waals surface area contributed by atoms with Gasteiger partial charge >= 0.3 is 0 Å². The second-order valence-electron chi connectivity index (χ2n) is 4.06. The van der Waals surface area contributed by atoms with Crippen LogP contribution in [0.15, 0.2) is 12.3 Å². The first-order chi connectivity index (χ1) is 8.24. The number of ketones is 1. The molecule has 2 heterocycles. The van der Waals surface area contributed by atoms with Gasteiger partial charge in [0, 0.05) is 17.5 Å². The number of carbonyl (C=O) groups excluding carboxylic acids is 1. The summed E-state index contributed by atoms with van der Waals surface area (Å²) in [5, 5.41) is 0.829. The van der Waals surface area contributed by atoms with E-state index in [0.717, 1.165) is 34.2 Å². The molecule has 0 amide bonds. The predicted molar refractivity (Wildman–Crippen MR) is 65.1 cm³/mol. The van der Waals surface area contributed by atoms with Crippen LogP contribution in [0.1, 0.15) is 34.0 Å². The fraction of sp³-hybridized carbons (Fsp3) is 0.333. The standard InChI is InChI=1S/C12H11N3OS/c1-7-13-6-5-8(14-7)12-15-11-9(16)3-2-4-10(11)17-12/h5-6H,2-4H2,1H3. The third-order valence-corrected chi connectivity index (χ3v) is 3.90. The van der Waals surface area contributed by atoms with Crippen LogP contribution in [-0.4, -0.2) is 20.7 Å². The van der Waals surface area contributed by atoms with E-state index >= 15 is 0 Å². The average Bonchev–Trinajstić information content (AvgIpc) is 2.74. The highest BCUT2D eigenvalue weighted by molar-refractivity contribution is 7.15. The fourth-order valence-corrected chi connectivity index (χ4v) is 3.04. The molecule has 0 radical (unpaired) electrons. The summed E-state index contributed by atoms with van der Waals surface area (Å²) in [5.41, 5.74) is 1.47. The number of hydrogen-bond donors (Lipinski definition) is 0. The Balaban J connectivity index is 2.08. The normalized spacial score (nSPS) is 14.8. The van der Waals surface area contributed by atoms with Crippen LogP contribution in [0, 0.1) is 6.92 Å². The fourth-order valence-electron chi connectivity index (χ4n) is 1.95. The lowest BCUT2D eigenvalue weighted by molar-refractivity contribution is 0.0968. The van der Waals surface area contributed by atoms with Crippen molar-refractivity contribution in [2.75, 3.05) is 0 Å². The van der Waals surface area contributed by atoms with Gasteiger partial charge in [0.2, 0.25) is 0 Å². The molecule has 0 bridgehead atoms. The summed E-state index contributed by atoms with van der Waals surface area (Å²) in [6.45, 7) is 1.85. The van der Waals surface area contributed by atoms with Crippen LogP contribution in [0.3, 0.4) is 0 Å². The van der Waals surface area contributed by atoms with E-state index in [0.29, 0.717) is 12.1 Å². The summed E-state index contributed by atoms with van der Waals surface area (Å²) in [4.78, 5) is 25.6. The largest absolute Gasteiger partial charge is 0.292 e. The van der Waals surface area contributed by atoms with Crippen LogP contribution >= 0.6 is 11.3 Å². The van der Waals surface area contributed by atoms with Crippen LogP contribution in [0.4, 0.5) is 0 Å². The SMILES string of the molecule is Cc1nccc(-c2nc3c(s2)CCCC3=O)n1. The van der Waals surface area contributed by atoms with Gasteiger partial charge in [-0.1, -0.05) is 0 Å². The predicted octanol–water partition coefficient (Wildman–Crippen LogP) is 2.43. The van der Waals surface area contributed by atoms with Crippen LogP contribution in [0.25, 0.3) is 10.7 Å². The second kappa shape index (κ2) is 4.00. The summed E-state index contributed by atoms with van der Waals surface area (Å²) in [6.07, 6.45) is 4.25. The number of Topliss-reactive ketones (excluding diaryl/α,β-unsaturated/α-hetero) is 1. The Labute approximate surface area is 103 Å². The molecule has 4 nitrogen and oxygen atoms in total. The van der Waals surface area contributed by atoms with Crippen molar-refractivity contribution in [3.63, 3.8) is 0 Å². The number of carbonyl (C=O) groups is 1. The van der Waals surface area contributed by atoms with Crippen molar-refractivity contribution in [2.24, 2.45) is 0 Å². The van der Waals surface area contributed by atoms with Gasteiger partial charge in [0.25, 0.3) is 0 Å². The molecule has 3 rings (SSSR count). The van der Waals surface area contributed by atoms with Crippen molar-refractivity contribution in [3.05, 3.63) is 28.7 Å². The quantitative estimate of drug-likeness (QED) is 0.774. The third-order valence-electron chi connectivity index (χ3n) is 2.76. The Bertz CT molecular complexity index is 591. The minimum atomic E-state index is 0.166. The minimum Gasteiger partial charge on any atom is -0.292 e. The number of aromatic nitrogens is 3. The highest BCUT2D eigenvalue weighted by atomic mass is 32.1. The summed E-state index contributed by atoms with van der Waals surface area (Å²) in [7, 11) is 0. The van der Waals surface area contributed by atoms with Gasteiger partial charge in [-0.05, 0) is 25.8 Å². The smallest absolute Gasteiger partial charge is 0.182 e. The molecular weight excluding hydrogens is 234 g/mol. The lowest BCUT2D eigenvalue weighted by Crippen LogP contribution is -2.08. The van der Waals surface area contributed by atoms with Crippen molar-refractivity contribution >= 4 is 17.1 Å². The third kappa shape index (κ3) is 1.86. The minimum absolute atomic E-state index is 0.166. The van der Waals surface area contributed by atoms with Gasteiger partial charge in [-0.15, -0.1) is 11.3 Å². The van der Waals surface area contributed by atoms with Crippen LogP contribution in [0.2, 0.25) is 0 Å². The molecule has 0 fully saturated rings. The van der Waals surface area contributed by atoms with Crippen molar-refractivity contribution in [2.45, 2.75) is 26.2 Å². The molecule has 0 unspecified atom stereocenters. The van der Waals surface area contributed by atoms with Crippen molar-refractivity contribution in [1.29, 1.82) is 0 Å². The second-order valence-corrected chi connectivity index (χ2v) is 5.14. The van der Waals surface area contributed by atoms with E-state index in [1.54, 1.807) is 17.5 Å². The zero-order valence-corrected chi connectivity index (χ0v) is 10.3. The number of hydrogen-bond acceptors (Lipinski definition) is 5. The van der Waals surface area contributed by atoms with E-state index in [1.807, 2.05) is 13.0 Å². The molecule has 2 aromatic heterocycles. The Morgan fingerprint density at radius 2 is 2.18 bits per heavy atom. The molecule has 0 aromatic carbocycles. The Morgan fingerprint density at radius 1 is 1.29 bits per heavy atom. The van der Waals surface area contributed by atoms with Gasteiger partial charge in [0.1, 0.15) is 22.2 Å². The van der Waals surface area contributed by atoms with Gasteiger partial charge in [-0.25, -0.2) is 15.0 Å². The first-order valence-electron chi connectivity index (χ1n) is 5.57. The monoisotopic (exact) mass is 245 g/mol. The molecule has 86 valence electrons. The summed E-state index contributed by atoms with van der Waals surface area (Å²) in [5.74, 6) is 0.890. The van der Waals surface area contributed by atoms with Gasteiger partial charge < -0.3 is 0 Å². The number of nitrogens with zero attached hydrogens (tertiary/aromatic N) is 3. The van der Waals surface area contributed by atoms with Gasteiger partial charge in [0.15, 0.2) is 5.78 Å². The zero-order chi connectivity index (χ0) is 11.8. The maximum atomic E-state index is 11.7. The van der Waals surface area contributed by atoms with Crippen molar-refractivity contribution < 1.29 is 4.79 Å². The molecule has 0 atom stereocenters. The van der Waals surface area contributed by atoms with E-state index in [1.165, 1.54) is 0 Å². The summed E-state index contributed by atoms with van der Waals surface area (Å²) >= 11 is 1.58. The molecule has 2 aromatic rings. The summed E-state index contributed by atoms with van der Waals surface area (Å²) < 4.78 is 0. The topological polar surface area (TPSA) is 55.7 Å². The molecule has 1 aliphatic carbocycles. The van der Waals surface area contributed by atoms with Crippen LogP contribution in [-0.2, 0) is 6.42 Å². The molecule has 0 aliphatic heterocycles. The molecule has 5 heteroatoms. The average molecular weight is 245 g/mol. The zero-order valence-electron chi connectivity index (χ0n) is 9.43. The van der Waals surface area contributed by atoms with Crippen molar-refractivity contribution in [3.8, 4) is 10.7 Å². The molecule has 17 heavy (non-hydrogen) atoms. The number of fused-ring (bicyclic) bond motifs is 1. The molecule has 0 saturated heterocycles. The van der Waals surface area contributed by atoms with Gasteiger partial charge in [0.05, 0.1) is 0 Å². The van der Waals surface area contributed by atoms with Crippen LogP contribution in [0.5, 0.6) is 0 Å². The number of rotatable bonds is 1. The molecule has 0 spiro atoms. The van der Waals surface area contributed by atoms with E-state index in [2.05, 4.69) is 15.0 Å². The van der Waals surface area contributed by atoms with E-state index in [9.17, 15) is 4.79 Å². The van der Waals surface area contributed by atoms with Gasteiger partial charge in [-0.3, -0.25) is 4.79 Å². The molecule has 0 saturated carbocycles. The summed E-state index contributed by atoms with van der Waals surface area (Å²) in [6, 6.07) is 1.84. The lowest BCUT2D eigenvalue weighted by Gasteiger charge is -2.06. The maximum absolute atomic E-state index is 11.7. The lowest BCUT2D eigenvalue weighted by atomic mass is 10.0.